The van der Waals surface area contributed by atoms with E-state index in [0.29, 0.717) is 12.1 Å². The van der Waals surface area contributed by atoms with Gasteiger partial charge in [-0.25, -0.2) is 5.06 Å². The van der Waals surface area contributed by atoms with Crippen LogP contribution in [0.5, 0.6) is 0 Å². The van der Waals surface area contributed by atoms with Crippen LogP contribution in [0.25, 0.3) is 6.08 Å². The van der Waals surface area contributed by atoms with Crippen molar-refractivity contribution in [3.63, 3.8) is 0 Å². The molecule has 4 rings (SSSR count). The second-order valence-corrected chi connectivity index (χ2v) is 6.41. The molecule has 27 heavy (non-hydrogen) atoms. The van der Waals surface area contributed by atoms with Gasteiger partial charge in [0.15, 0.2) is 5.69 Å². The Morgan fingerprint density at radius 1 is 1.19 bits per heavy atom. The summed E-state index contributed by atoms with van der Waals surface area (Å²) in [5, 5.41) is 8.44. The van der Waals surface area contributed by atoms with Gasteiger partial charge in [0, 0.05) is 54.9 Å². The average Bonchev–Trinajstić information content (AvgIpc) is 3.16. The molecule has 136 valence electrons. The van der Waals surface area contributed by atoms with Crippen molar-refractivity contribution in [3.8, 4) is 0 Å². The summed E-state index contributed by atoms with van der Waals surface area (Å²) in [6.45, 7) is 0. The Hall–Kier alpha value is -3.32. The minimum atomic E-state index is -0.435. The maximum atomic E-state index is 12.5. The molecule has 0 spiro atoms. The Morgan fingerprint density at radius 2 is 1.85 bits per heavy atom. The van der Waals surface area contributed by atoms with E-state index in [1.807, 2.05) is 30.6 Å². The first kappa shape index (κ1) is 17.1. The third-order valence-electron chi connectivity index (χ3n) is 4.99. The Bertz CT molecular complexity index is 943. The van der Waals surface area contributed by atoms with Gasteiger partial charge in [0.2, 0.25) is 0 Å². The molecule has 3 aromatic heterocycles. The molecule has 1 amide bonds. The normalized spacial score (nSPS) is 14.6. The summed E-state index contributed by atoms with van der Waals surface area (Å²) in [5.74, 6) is -0.296. The van der Waals surface area contributed by atoms with Gasteiger partial charge < -0.3 is 0 Å². The Morgan fingerprint density at radius 3 is 2.41 bits per heavy atom. The van der Waals surface area contributed by atoms with E-state index in [2.05, 4.69) is 38.4 Å². The van der Waals surface area contributed by atoms with Gasteiger partial charge in [-0.15, -0.1) is 0 Å². The number of amides is 1. The molecule has 1 aliphatic carbocycles. The van der Waals surface area contributed by atoms with Crippen molar-refractivity contribution in [2.45, 2.75) is 11.8 Å². The number of carbonyl (C=O) groups excluding carboxylic acids is 1. The zero-order valence-corrected chi connectivity index (χ0v) is 15.1. The van der Waals surface area contributed by atoms with Crippen molar-refractivity contribution in [3.05, 3.63) is 83.2 Å². The van der Waals surface area contributed by atoms with Crippen molar-refractivity contribution in [1.82, 2.24) is 25.2 Å². The lowest BCUT2D eigenvalue weighted by molar-refractivity contribution is -0.0760. The molecule has 0 saturated carbocycles. The van der Waals surface area contributed by atoms with Crippen LogP contribution in [0.1, 0.15) is 32.9 Å². The SMILES string of the molecule is CON(C)C(=O)c1n[nH]c2c1C=CC(c1cccnc1)(c1cccnc1)C2. The lowest BCUT2D eigenvalue weighted by Crippen LogP contribution is -2.31. The summed E-state index contributed by atoms with van der Waals surface area (Å²) >= 11 is 0. The van der Waals surface area contributed by atoms with Crippen LogP contribution in [0.15, 0.2) is 55.1 Å². The van der Waals surface area contributed by atoms with E-state index in [1.54, 1.807) is 19.4 Å². The molecule has 0 aliphatic heterocycles. The standard InChI is InChI=1S/C20H19N5O2/c1-25(27-2)19(26)18-16-7-8-20(11-17(16)23-24-18,14-5-3-9-21-12-14)15-6-4-10-22-13-15/h3-10,12-13H,11H2,1-2H3,(H,23,24). The van der Waals surface area contributed by atoms with Crippen molar-refractivity contribution in [2.24, 2.45) is 0 Å². The van der Waals surface area contributed by atoms with Crippen molar-refractivity contribution < 1.29 is 9.63 Å². The molecule has 3 heterocycles. The van der Waals surface area contributed by atoms with E-state index in [0.717, 1.165) is 27.4 Å². The molecule has 0 radical (unpaired) electrons. The highest BCUT2D eigenvalue weighted by Crippen LogP contribution is 2.41. The summed E-state index contributed by atoms with van der Waals surface area (Å²) in [5.41, 5.74) is 3.69. The molecular weight excluding hydrogens is 342 g/mol. The van der Waals surface area contributed by atoms with Gasteiger partial charge in [-0.05, 0) is 23.3 Å². The molecule has 3 aromatic rings. The fourth-order valence-corrected chi connectivity index (χ4v) is 3.48. The average molecular weight is 361 g/mol. The highest BCUT2D eigenvalue weighted by atomic mass is 16.7. The van der Waals surface area contributed by atoms with Crippen LogP contribution in [0.3, 0.4) is 0 Å². The van der Waals surface area contributed by atoms with E-state index in [-0.39, 0.29) is 5.91 Å². The van der Waals surface area contributed by atoms with E-state index in [9.17, 15) is 4.79 Å². The monoisotopic (exact) mass is 361 g/mol. The van der Waals surface area contributed by atoms with E-state index in [1.165, 1.54) is 7.11 Å². The zero-order valence-electron chi connectivity index (χ0n) is 15.1. The molecule has 0 bridgehead atoms. The molecule has 0 saturated heterocycles. The Kier molecular flexibility index (Phi) is 4.29. The van der Waals surface area contributed by atoms with Crippen molar-refractivity contribution >= 4 is 12.0 Å². The quantitative estimate of drug-likeness (QED) is 0.722. The summed E-state index contributed by atoms with van der Waals surface area (Å²) in [4.78, 5) is 26.1. The molecule has 0 atom stereocenters. The molecule has 1 aliphatic rings. The number of rotatable bonds is 4. The first-order valence-corrected chi connectivity index (χ1v) is 8.55. The highest BCUT2D eigenvalue weighted by molar-refractivity contribution is 5.96. The predicted molar refractivity (Wildman–Crippen MR) is 99.7 cm³/mol. The Labute approximate surface area is 156 Å². The third-order valence-corrected chi connectivity index (χ3v) is 4.99. The summed E-state index contributed by atoms with van der Waals surface area (Å²) < 4.78 is 0. The molecule has 0 unspecified atom stereocenters. The maximum Gasteiger partial charge on any atom is 0.298 e. The summed E-state index contributed by atoms with van der Waals surface area (Å²) in [7, 11) is 3.01. The van der Waals surface area contributed by atoms with E-state index < -0.39 is 5.41 Å². The zero-order chi connectivity index (χ0) is 18.9. The number of hydroxylamine groups is 2. The first-order valence-electron chi connectivity index (χ1n) is 8.55. The third kappa shape index (κ3) is 2.82. The van der Waals surface area contributed by atoms with E-state index in [4.69, 9.17) is 4.84 Å². The number of nitrogens with one attached hydrogen (secondary N) is 1. The van der Waals surface area contributed by atoms with Crippen LogP contribution in [0.4, 0.5) is 0 Å². The van der Waals surface area contributed by atoms with Crippen LogP contribution < -0.4 is 0 Å². The largest absolute Gasteiger partial charge is 0.298 e. The van der Waals surface area contributed by atoms with Gasteiger partial charge in [-0.2, -0.15) is 5.10 Å². The van der Waals surface area contributed by atoms with Crippen LogP contribution in [0.2, 0.25) is 0 Å². The lowest BCUT2D eigenvalue weighted by atomic mass is 9.69. The van der Waals surface area contributed by atoms with Crippen LogP contribution in [0, 0.1) is 0 Å². The predicted octanol–water partition coefficient (Wildman–Crippen LogP) is 2.39. The van der Waals surface area contributed by atoms with Gasteiger partial charge in [0.05, 0.1) is 7.11 Å². The van der Waals surface area contributed by atoms with Gasteiger partial charge in [0.25, 0.3) is 5.91 Å². The second kappa shape index (κ2) is 6.77. The fraction of sp³-hybridized carbons (Fsp3) is 0.200. The minimum Gasteiger partial charge on any atom is -0.281 e. The smallest absolute Gasteiger partial charge is 0.281 e. The number of pyridine rings is 2. The Balaban J connectivity index is 1.82. The summed E-state index contributed by atoms with van der Waals surface area (Å²) in [6, 6.07) is 7.95. The fourth-order valence-electron chi connectivity index (χ4n) is 3.48. The minimum absolute atomic E-state index is 0.296. The van der Waals surface area contributed by atoms with Gasteiger partial charge in [-0.1, -0.05) is 24.3 Å². The van der Waals surface area contributed by atoms with Crippen LogP contribution in [-0.4, -0.2) is 45.3 Å². The van der Waals surface area contributed by atoms with Crippen molar-refractivity contribution in [2.75, 3.05) is 14.2 Å². The number of aromatic amines is 1. The number of nitrogens with zero attached hydrogens (tertiary/aromatic N) is 4. The second-order valence-electron chi connectivity index (χ2n) is 6.41. The number of hydrogen-bond donors (Lipinski definition) is 1. The molecule has 1 N–H and O–H groups in total. The van der Waals surface area contributed by atoms with Crippen LogP contribution in [-0.2, 0) is 16.7 Å². The summed E-state index contributed by atoms with van der Waals surface area (Å²) in [6.07, 6.45) is 11.9. The number of fused-ring (bicyclic) bond motifs is 1. The maximum absolute atomic E-state index is 12.5. The number of carbonyl (C=O) groups is 1. The lowest BCUT2D eigenvalue weighted by Gasteiger charge is -2.33. The van der Waals surface area contributed by atoms with Crippen LogP contribution >= 0.6 is 0 Å². The molecular formula is C20H19N5O2. The first-order chi connectivity index (χ1) is 13.2. The van der Waals surface area contributed by atoms with Gasteiger partial charge >= 0.3 is 0 Å². The number of allylic oxidation sites excluding steroid dienone is 1. The number of aromatic nitrogens is 4. The highest BCUT2D eigenvalue weighted by Gasteiger charge is 2.37. The van der Waals surface area contributed by atoms with E-state index >= 15 is 0 Å². The molecule has 7 nitrogen and oxygen atoms in total. The van der Waals surface area contributed by atoms with Crippen molar-refractivity contribution in [1.29, 1.82) is 0 Å². The number of H-pyrrole nitrogens is 1. The van der Waals surface area contributed by atoms with Gasteiger partial charge in [-0.3, -0.25) is 24.7 Å². The topological polar surface area (TPSA) is 84.0 Å². The molecule has 7 heteroatoms. The molecule has 0 fully saturated rings. The van der Waals surface area contributed by atoms with Gasteiger partial charge in [0.1, 0.15) is 0 Å². The number of hydrogen-bond acceptors (Lipinski definition) is 5. The molecule has 0 aromatic carbocycles.